The molecule has 0 saturated carbocycles. The third-order valence-electron chi connectivity index (χ3n) is 6.06. The Hall–Kier alpha value is -4.40. The van der Waals surface area contributed by atoms with E-state index in [9.17, 15) is 19.2 Å². The van der Waals surface area contributed by atoms with Gasteiger partial charge in [-0.05, 0) is 67.4 Å². The lowest BCUT2D eigenvalue weighted by Crippen LogP contribution is -2.28. The normalized spacial score (nSPS) is 14.9. The molecule has 5 rings (SSSR count). The minimum Gasteiger partial charge on any atom is -0.467 e. The van der Waals surface area contributed by atoms with E-state index < -0.39 is 30.3 Å². The zero-order valence-corrected chi connectivity index (χ0v) is 18.9. The number of amides is 3. The highest BCUT2D eigenvalue weighted by Gasteiger charge is 2.36. The van der Waals surface area contributed by atoms with Crippen LogP contribution in [-0.2, 0) is 16.1 Å². The fourth-order valence-electron chi connectivity index (χ4n) is 4.26. The monoisotopic (exact) mass is 473 g/mol. The molecule has 1 fully saturated rings. The smallest absolute Gasteiger partial charge is 0.338 e. The second kappa shape index (κ2) is 9.46. The fraction of sp³-hybridized carbons (Fsp3) is 0.231. The van der Waals surface area contributed by atoms with Gasteiger partial charge >= 0.3 is 5.97 Å². The van der Waals surface area contributed by atoms with Gasteiger partial charge in [0.15, 0.2) is 6.61 Å². The molecule has 0 bridgehead atoms. The summed E-state index contributed by atoms with van der Waals surface area (Å²) in [6.45, 7) is 1.58. The molecule has 35 heavy (non-hydrogen) atoms. The van der Waals surface area contributed by atoms with Crippen LogP contribution in [0.25, 0.3) is 0 Å². The van der Waals surface area contributed by atoms with Gasteiger partial charge in [0.25, 0.3) is 17.7 Å². The molecule has 2 aliphatic heterocycles. The summed E-state index contributed by atoms with van der Waals surface area (Å²) in [6.07, 6.45) is 3.82. The minimum atomic E-state index is -0.767. The third-order valence-corrected chi connectivity index (χ3v) is 6.06. The van der Waals surface area contributed by atoms with Gasteiger partial charge in [0, 0.05) is 24.5 Å². The van der Waals surface area contributed by atoms with Crippen molar-refractivity contribution in [3.05, 3.63) is 83.3 Å². The molecule has 3 amide bonds. The van der Waals surface area contributed by atoms with Crippen LogP contribution >= 0.6 is 0 Å². The van der Waals surface area contributed by atoms with Crippen molar-refractivity contribution in [3.8, 4) is 0 Å². The van der Waals surface area contributed by atoms with Crippen molar-refractivity contribution in [3.63, 3.8) is 0 Å². The molecule has 0 unspecified atom stereocenters. The van der Waals surface area contributed by atoms with Gasteiger partial charge in [-0.2, -0.15) is 0 Å². The quantitative estimate of drug-likeness (QED) is 0.413. The standard InChI is InChI=1S/C26H23N3O6/c30-23(27-18-6-8-19(9-7-18)28-11-1-2-12-28)16-35-26(33)17-5-10-21-22(14-17)25(32)29(24(21)31)15-20-4-3-13-34-20/h3-10,13-14H,1-2,11-12,15-16H2,(H,27,30). The number of benzene rings is 2. The number of esters is 1. The van der Waals surface area contributed by atoms with Crippen LogP contribution < -0.4 is 10.2 Å². The SMILES string of the molecule is O=C(COC(=O)c1ccc2c(c1)C(=O)N(Cc1ccco1)C2=O)Nc1ccc(N2CCCC2)cc1. The van der Waals surface area contributed by atoms with Gasteiger partial charge in [0.1, 0.15) is 5.76 Å². The Morgan fingerprint density at radius 2 is 1.69 bits per heavy atom. The second-order valence-electron chi connectivity index (χ2n) is 8.40. The summed E-state index contributed by atoms with van der Waals surface area (Å²) in [5.41, 5.74) is 2.10. The van der Waals surface area contributed by atoms with E-state index in [4.69, 9.17) is 9.15 Å². The Morgan fingerprint density at radius 1 is 0.943 bits per heavy atom. The lowest BCUT2D eigenvalue weighted by atomic mass is 10.1. The van der Waals surface area contributed by atoms with E-state index in [0.717, 1.165) is 23.7 Å². The molecular weight excluding hydrogens is 450 g/mol. The number of hydrogen-bond acceptors (Lipinski definition) is 7. The molecule has 1 aromatic heterocycles. The van der Waals surface area contributed by atoms with E-state index in [1.807, 2.05) is 24.3 Å². The van der Waals surface area contributed by atoms with Crippen LogP contribution in [0.15, 0.2) is 65.3 Å². The molecule has 0 aliphatic carbocycles. The van der Waals surface area contributed by atoms with Gasteiger partial charge in [-0.3, -0.25) is 19.3 Å². The average molecular weight is 473 g/mol. The molecule has 0 atom stereocenters. The highest BCUT2D eigenvalue weighted by atomic mass is 16.5. The first-order valence-corrected chi connectivity index (χ1v) is 11.3. The number of carbonyl (C=O) groups is 4. The Balaban J connectivity index is 1.17. The Morgan fingerprint density at radius 3 is 2.40 bits per heavy atom. The first-order valence-electron chi connectivity index (χ1n) is 11.3. The first kappa shape index (κ1) is 22.4. The molecule has 3 heterocycles. The molecule has 0 spiro atoms. The van der Waals surface area contributed by atoms with Crippen LogP contribution in [0, 0.1) is 0 Å². The zero-order valence-electron chi connectivity index (χ0n) is 18.9. The molecule has 178 valence electrons. The van der Waals surface area contributed by atoms with E-state index in [1.165, 1.54) is 37.3 Å². The number of rotatable bonds is 7. The van der Waals surface area contributed by atoms with Gasteiger partial charge in [-0.25, -0.2) is 4.79 Å². The number of carbonyl (C=O) groups excluding carboxylic acids is 4. The van der Waals surface area contributed by atoms with E-state index in [2.05, 4.69) is 10.2 Å². The number of hydrogen-bond donors (Lipinski definition) is 1. The maximum atomic E-state index is 12.7. The fourth-order valence-corrected chi connectivity index (χ4v) is 4.26. The van der Waals surface area contributed by atoms with Crippen molar-refractivity contribution in [1.82, 2.24) is 4.90 Å². The van der Waals surface area contributed by atoms with Gasteiger partial charge in [-0.15, -0.1) is 0 Å². The van der Waals surface area contributed by atoms with Crippen molar-refractivity contribution in [2.45, 2.75) is 19.4 Å². The number of anilines is 2. The molecule has 9 heteroatoms. The summed E-state index contributed by atoms with van der Waals surface area (Å²) in [4.78, 5) is 53.4. The molecule has 9 nitrogen and oxygen atoms in total. The number of nitrogens with zero attached hydrogens (tertiary/aromatic N) is 2. The molecular formula is C26H23N3O6. The summed E-state index contributed by atoms with van der Waals surface area (Å²) in [6, 6.07) is 15.0. The Kier molecular flexibility index (Phi) is 6.05. The van der Waals surface area contributed by atoms with Crippen LogP contribution in [0.5, 0.6) is 0 Å². The highest BCUT2D eigenvalue weighted by Crippen LogP contribution is 2.26. The number of furan rings is 1. The topological polar surface area (TPSA) is 109 Å². The number of ether oxygens (including phenoxy) is 1. The van der Waals surface area contributed by atoms with Gasteiger partial charge < -0.3 is 19.4 Å². The van der Waals surface area contributed by atoms with Crippen LogP contribution in [0.4, 0.5) is 11.4 Å². The lowest BCUT2D eigenvalue weighted by molar-refractivity contribution is -0.119. The van der Waals surface area contributed by atoms with E-state index in [-0.39, 0.29) is 23.2 Å². The predicted octanol–water partition coefficient (Wildman–Crippen LogP) is 3.47. The van der Waals surface area contributed by atoms with Crippen molar-refractivity contribution >= 4 is 35.1 Å². The molecule has 1 saturated heterocycles. The Bertz CT molecular complexity index is 1280. The highest BCUT2D eigenvalue weighted by molar-refractivity contribution is 6.21. The summed E-state index contributed by atoms with van der Waals surface area (Å²) in [7, 11) is 0. The summed E-state index contributed by atoms with van der Waals surface area (Å²) >= 11 is 0. The van der Waals surface area contributed by atoms with Crippen molar-refractivity contribution in [2.75, 3.05) is 29.9 Å². The van der Waals surface area contributed by atoms with Crippen molar-refractivity contribution in [1.29, 1.82) is 0 Å². The van der Waals surface area contributed by atoms with Crippen LogP contribution in [0.3, 0.4) is 0 Å². The van der Waals surface area contributed by atoms with Crippen LogP contribution in [0.1, 0.15) is 49.7 Å². The van der Waals surface area contributed by atoms with Gasteiger partial charge in [0.2, 0.25) is 0 Å². The van der Waals surface area contributed by atoms with Gasteiger partial charge in [0.05, 0.1) is 29.5 Å². The summed E-state index contributed by atoms with van der Waals surface area (Å²) < 4.78 is 10.3. The van der Waals surface area contributed by atoms with Gasteiger partial charge in [-0.1, -0.05) is 0 Å². The Labute approximate surface area is 201 Å². The van der Waals surface area contributed by atoms with E-state index in [1.54, 1.807) is 12.1 Å². The number of imide groups is 1. The first-order chi connectivity index (χ1) is 17.0. The minimum absolute atomic E-state index is 0.00168. The maximum Gasteiger partial charge on any atom is 0.338 e. The van der Waals surface area contributed by atoms with Crippen molar-refractivity contribution < 1.29 is 28.3 Å². The summed E-state index contributed by atoms with van der Waals surface area (Å²) in [5.74, 6) is -1.76. The number of fused-ring (bicyclic) bond motifs is 1. The van der Waals surface area contributed by atoms with Crippen molar-refractivity contribution in [2.24, 2.45) is 0 Å². The molecule has 3 aromatic rings. The van der Waals surface area contributed by atoms with Crippen LogP contribution in [0.2, 0.25) is 0 Å². The molecule has 2 aromatic carbocycles. The largest absolute Gasteiger partial charge is 0.467 e. The third kappa shape index (κ3) is 4.65. The van der Waals surface area contributed by atoms with E-state index >= 15 is 0 Å². The van der Waals surface area contributed by atoms with Crippen LogP contribution in [-0.4, -0.2) is 48.3 Å². The summed E-state index contributed by atoms with van der Waals surface area (Å²) in [5, 5.41) is 2.70. The predicted molar refractivity (Wildman–Crippen MR) is 126 cm³/mol. The lowest BCUT2D eigenvalue weighted by Gasteiger charge is -2.17. The average Bonchev–Trinajstić information content (AvgIpc) is 3.63. The molecule has 0 radical (unpaired) electrons. The number of nitrogens with one attached hydrogen (secondary N) is 1. The second-order valence-corrected chi connectivity index (χ2v) is 8.40. The molecule has 2 aliphatic rings. The molecule has 1 N–H and O–H groups in total. The maximum absolute atomic E-state index is 12.7. The zero-order chi connectivity index (χ0) is 24.4. The van der Waals surface area contributed by atoms with E-state index in [0.29, 0.717) is 11.4 Å².